The molecule has 1 saturated heterocycles. The fourth-order valence-corrected chi connectivity index (χ4v) is 3.36. The first-order valence-corrected chi connectivity index (χ1v) is 9.55. The van der Waals surface area contributed by atoms with Gasteiger partial charge in [0.2, 0.25) is 0 Å². The Hall–Kier alpha value is -2.11. The SMILES string of the molecule is Cc1ccc(NC(=S)Nc2ccc(C(=O)N3CCCCC3)cc2)cc1Cl. The number of carbonyl (C=O) groups excluding carboxylic acids is 1. The smallest absolute Gasteiger partial charge is 0.253 e. The van der Waals surface area contributed by atoms with E-state index in [1.54, 1.807) is 0 Å². The normalized spacial score (nSPS) is 14.0. The van der Waals surface area contributed by atoms with Gasteiger partial charge in [-0.05, 0) is 80.4 Å². The molecule has 3 rings (SSSR count). The van der Waals surface area contributed by atoms with Crippen molar-refractivity contribution in [2.75, 3.05) is 23.7 Å². The van der Waals surface area contributed by atoms with Crippen LogP contribution in [-0.4, -0.2) is 29.0 Å². The minimum absolute atomic E-state index is 0.103. The highest BCUT2D eigenvalue weighted by molar-refractivity contribution is 7.80. The van der Waals surface area contributed by atoms with Gasteiger partial charge in [-0.1, -0.05) is 17.7 Å². The zero-order valence-corrected chi connectivity index (χ0v) is 16.3. The molecule has 0 unspecified atom stereocenters. The topological polar surface area (TPSA) is 44.4 Å². The van der Waals surface area contributed by atoms with Crippen LogP contribution >= 0.6 is 23.8 Å². The van der Waals surface area contributed by atoms with Crippen molar-refractivity contribution in [3.05, 3.63) is 58.6 Å². The third-order valence-corrected chi connectivity index (χ3v) is 5.07. The molecule has 1 heterocycles. The van der Waals surface area contributed by atoms with Crippen LogP contribution in [0, 0.1) is 6.92 Å². The number of nitrogens with one attached hydrogen (secondary N) is 2. The zero-order valence-electron chi connectivity index (χ0n) is 14.7. The van der Waals surface area contributed by atoms with E-state index in [0.717, 1.165) is 42.9 Å². The maximum atomic E-state index is 12.5. The van der Waals surface area contributed by atoms with Gasteiger partial charge in [-0.15, -0.1) is 0 Å². The molecule has 0 atom stereocenters. The zero-order chi connectivity index (χ0) is 18.5. The standard InChI is InChI=1S/C20H22ClN3OS/c1-14-5-8-17(13-18(14)21)23-20(26)22-16-9-6-15(7-10-16)19(25)24-11-3-2-4-12-24/h5-10,13H,2-4,11-12H2,1H3,(H2,22,23,26). The Morgan fingerprint density at radius 3 is 2.27 bits per heavy atom. The quantitative estimate of drug-likeness (QED) is 0.720. The van der Waals surface area contributed by atoms with Gasteiger partial charge in [0.05, 0.1) is 0 Å². The Labute approximate surface area is 164 Å². The van der Waals surface area contributed by atoms with E-state index in [9.17, 15) is 4.79 Å². The van der Waals surface area contributed by atoms with E-state index < -0.39 is 0 Å². The maximum Gasteiger partial charge on any atom is 0.253 e. The molecule has 0 saturated carbocycles. The van der Waals surface area contributed by atoms with E-state index in [-0.39, 0.29) is 5.91 Å². The molecule has 6 heteroatoms. The van der Waals surface area contributed by atoms with E-state index in [2.05, 4.69) is 10.6 Å². The first kappa shape index (κ1) is 18.7. The number of amides is 1. The third kappa shape index (κ3) is 4.74. The van der Waals surface area contributed by atoms with Crippen LogP contribution in [0.25, 0.3) is 0 Å². The Balaban J connectivity index is 1.58. The average Bonchev–Trinajstić information content (AvgIpc) is 2.65. The van der Waals surface area contributed by atoms with Gasteiger partial charge < -0.3 is 15.5 Å². The van der Waals surface area contributed by atoms with Crippen LogP contribution in [0.15, 0.2) is 42.5 Å². The molecule has 2 aromatic rings. The molecule has 1 fully saturated rings. The molecular formula is C20H22ClN3OS. The number of halogens is 1. The minimum Gasteiger partial charge on any atom is -0.339 e. The molecule has 0 aliphatic carbocycles. The summed E-state index contributed by atoms with van der Waals surface area (Å²) in [6.07, 6.45) is 3.39. The van der Waals surface area contributed by atoms with Crippen LogP contribution in [0.1, 0.15) is 35.2 Å². The van der Waals surface area contributed by atoms with Crippen LogP contribution in [0.3, 0.4) is 0 Å². The van der Waals surface area contributed by atoms with Crippen LogP contribution in [0.5, 0.6) is 0 Å². The Morgan fingerprint density at radius 1 is 1.00 bits per heavy atom. The van der Waals surface area contributed by atoms with Gasteiger partial charge in [0, 0.05) is 35.1 Å². The lowest BCUT2D eigenvalue weighted by atomic mass is 10.1. The number of piperidine rings is 1. The van der Waals surface area contributed by atoms with E-state index in [4.69, 9.17) is 23.8 Å². The highest BCUT2D eigenvalue weighted by Gasteiger charge is 2.17. The van der Waals surface area contributed by atoms with Crippen molar-refractivity contribution in [3.63, 3.8) is 0 Å². The molecule has 0 aromatic heterocycles. The number of hydrogen-bond acceptors (Lipinski definition) is 2. The van der Waals surface area contributed by atoms with E-state index >= 15 is 0 Å². The molecule has 1 aliphatic heterocycles. The van der Waals surface area contributed by atoms with Crippen LogP contribution in [0.2, 0.25) is 5.02 Å². The molecule has 0 bridgehead atoms. The molecule has 26 heavy (non-hydrogen) atoms. The summed E-state index contributed by atoms with van der Waals surface area (Å²) in [7, 11) is 0. The Bertz CT molecular complexity index is 801. The number of rotatable bonds is 3. The summed E-state index contributed by atoms with van der Waals surface area (Å²) in [5.41, 5.74) is 3.39. The summed E-state index contributed by atoms with van der Waals surface area (Å²) in [6, 6.07) is 13.1. The summed E-state index contributed by atoms with van der Waals surface area (Å²) in [5.74, 6) is 0.103. The molecular weight excluding hydrogens is 366 g/mol. The summed E-state index contributed by atoms with van der Waals surface area (Å²) in [6.45, 7) is 3.66. The molecule has 4 nitrogen and oxygen atoms in total. The second-order valence-corrected chi connectivity index (χ2v) is 7.29. The highest BCUT2D eigenvalue weighted by Crippen LogP contribution is 2.20. The number of anilines is 2. The van der Waals surface area contributed by atoms with Gasteiger partial charge in [0.1, 0.15) is 0 Å². The molecule has 1 amide bonds. The summed E-state index contributed by atoms with van der Waals surface area (Å²) in [4.78, 5) is 14.4. The van der Waals surface area contributed by atoms with Crippen LogP contribution in [0.4, 0.5) is 11.4 Å². The van der Waals surface area contributed by atoms with Gasteiger partial charge in [0.15, 0.2) is 5.11 Å². The summed E-state index contributed by atoms with van der Waals surface area (Å²) < 4.78 is 0. The minimum atomic E-state index is 0.103. The van der Waals surface area contributed by atoms with Crippen molar-refractivity contribution in [1.82, 2.24) is 4.90 Å². The molecule has 136 valence electrons. The fraction of sp³-hybridized carbons (Fsp3) is 0.300. The molecule has 2 aromatic carbocycles. The Morgan fingerprint density at radius 2 is 1.62 bits per heavy atom. The van der Waals surface area contributed by atoms with Crippen molar-refractivity contribution < 1.29 is 4.79 Å². The van der Waals surface area contributed by atoms with E-state index in [0.29, 0.717) is 15.7 Å². The van der Waals surface area contributed by atoms with E-state index in [1.807, 2.05) is 54.3 Å². The van der Waals surface area contributed by atoms with E-state index in [1.165, 1.54) is 6.42 Å². The van der Waals surface area contributed by atoms with Crippen molar-refractivity contribution in [1.29, 1.82) is 0 Å². The van der Waals surface area contributed by atoms with Gasteiger partial charge in [-0.2, -0.15) is 0 Å². The number of thiocarbonyl (C=S) groups is 1. The second-order valence-electron chi connectivity index (χ2n) is 6.47. The largest absolute Gasteiger partial charge is 0.339 e. The second kappa shape index (κ2) is 8.52. The number of nitrogens with zero attached hydrogens (tertiary/aromatic N) is 1. The first-order valence-electron chi connectivity index (χ1n) is 8.76. The van der Waals surface area contributed by atoms with Crippen molar-refractivity contribution in [3.8, 4) is 0 Å². The first-order chi connectivity index (χ1) is 12.5. The van der Waals surface area contributed by atoms with Crippen LogP contribution in [-0.2, 0) is 0 Å². The van der Waals surface area contributed by atoms with Crippen molar-refractivity contribution in [2.45, 2.75) is 26.2 Å². The van der Waals surface area contributed by atoms with Crippen molar-refractivity contribution >= 4 is 46.2 Å². The molecule has 1 aliphatic rings. The van der Waals surface area contributed by atoms with Gasteiger partial charge in [0.25, 0.3) is 5.91 Å². The predicted octanol–water partition coefficient (Wildman–Crippen LogP) is 5.08. The highest BCUT2D eigenvalue weighted by atomic mass is 35.5. The Kier molecular flexibility index (Phi) is 6.12. The molecule has 0 spiro atoms. The molecule has 2 N–H and O–H groups in total. The molecule has 0 radical (unpaired) electrons. The third-order valence-electron chi connectivity index (χ3n) is 4.46. The lowest BCUT2D eigenvalue weighted by Gasteiger charge is -2.26. The van der Waals surface area contributed by atoms with Crippen molar-refractivity contribution in [2.24, 2.45) is 0 Å². The lowest BCUT2D eigenvalue weighted by molar-refractivity contribution is 0.0724. The van der Waals surface area contributed by atoms with Gasteiger partial charge in [-0.3, -0.25) is 4.79 Å². The average molecular weight is 388 g/mol. The predicted molar refractivity (Wildman–Crippen MR) is 112 cm³/mol. The van der Waals surface area contributed by atoms with Gasteiger partial charge >= 0.3 is 0 Å². The number of benzene rings is 2. The van der Waals surface area contributed by atoms with Gasteiger partial charge in [-0.25, -0.2) is 0 Å². The number of carbonyl (C=O) groups is 1. The lowest BCUT2D eigenvalue weighted by Crippen LogP contribution is -2.35. The maximum absolute atomic E-state index is 12.5. The number of hydrogen-bond donors (Lipinski definition) is 2. The number of likely N-dealkylation sites (tertiary alicyclic amines) is 1. The summed E-state index contributed by atoms with van der Waals surface area (Å²) in [5, 5.41) is 7.40. The monoisotopic (exact) mass is 387 g/mol. The fourth-order valence-electron chi connectivity index (χ4n) is 2.94. The summed E-state index contributed by atoms with van der Waals surface area (Å²) >= 11 is 11.5. The number of aryl methyl sites for hydroxylation is 1. The van der Waals surface area contributed by atoms with Crippen LogP contribution < -0.4 is 10.6 Å².